The Labute approximate surface area is 155 Å². The summed E-state index contributed by atoms with van der Waals surface area (Å²) in [4.78, 5) is 4.63. The number of fused-ring (bicyclic) bond motifs is 1. The summed E-state index contributed by atoms with van der Waals surface area (Å²) in [5, 5.41) is 14.7. The summed E-state index contributed by atoms with van der Waals surface area (Å²) in [6, 6.07) is 4.63. The molecule has 5 nitrogen and oxygen atoms in total. The van der Waals surface area contributed by atoms with E-state index >= 15 is 0 Å². The first-order chi connectivity index (χ1) is 12.7. The van der Waals surface area contributed by atoms with Gasteiger partial charge in [-0.3, -0.25) is 0 Å². The largest absolute Gasteiger partial charge is 0.416 e. The van der Waals surface area contributed by atoms with Crippen LogP contribution in [-0.4, -0.2) is 27.3 Å². The van der Waals surface area contributed by atoms with Gasteiger partial charge in [-0.05, 0) is 31.0 Å². The van der Waals surface area contributed by atoms with Crippen LogP contribution < -0.4 is 5.32 Å². The maximum Gasteiger partial charge on any atom is 0.416 e. The van der Waals surface area contributed by atoms with Crippen molar-refractivity contribution < 1.29 is 23.0 Å². The van der Waals surface area contributed by atoms with E-state index in [2.05, 4.69) is 14.9 Å². The molecule has 1 aromatic heterocycles. The lowest BCUT2D eigenvalue weighted by atomic mass is 9.78. The molecule has 0 aliphatic carbocycles. The van der Waals surface area contributed by atoms with Crippen molar-refractivity contribution in [3.63, 3.8) is 0 Å². The lowest BCUT2D eigenvalue weighted by Gasteiger charge is -2.41. The summed E-state index contributed by atoms with van der Waals surface area (Å²) in [6.45, 7) is 3.81. The molecule has 3 unspecified atom stereocenters. The van der Waals surface area contributed by atoms with Gasteiger partial charge < -0.3 is 19.7 Å². The highest BCUT2D eigenvalue weighted by Gasteiger charge is 2.41. The van der Waals surface area contributed by atoms with E-state index in [1.54, 1.807) is 0 Å². The number of aromatic nitrogens is 2. The summed E-state index contributed by atoms with van der Waals surface area (Å²) < 4.78 is 45.9. The third kappa shape index (κ3) is 3.61. The molecule has 4 rings (SSSR count). The minimum Gasteiger partial charge on any atom is -0.385 e. The highest BCUT2D eigenvalue weighted by Crippen LogP contribution is 2.41. The average Bonchev–Trinajstić information content (AvgIpc) is 3.05. The lowest BCUT2D eigenvalue weighted by molar-refractivity contribution is -0.137. The zero-order valence-corrected chi connectivity index (χ0v) is 15.0. The number of benzene rings is 1. The molecule has 0 saturated carbocycles. The number of imidazole rings is 1. The van der Waals surface area contributed by atoms with Crippen LogP contribution in [0.2, 0.25) is 0 Å². The second-order valence-corrected chi connectivity index (χ2v) is 7.46. The number of nitrogens with one attached hydrogen (secondary N) is 1. The van der Waals surface area contributed by atoms with Crippen molar-refractivity contribution in [3.05, 3.63) is 53.1 Å². The van der Waals surface area contributed by atoms with E-state index < -0.39 is 17.3 Å². The Morgan fingerprint density at radius 3 is 2.67 bits per heavy atom. The highest BCUT2D eigenvalue weighted by atomic mass is 19.4. The molecule has 8 heteroatoms. The van der Waals surface area contributed by atoms with Crippen molar-refractivity contribution in [1.82, 2.24) is 14.9 Å². The van der Waals surface area contributed by atoms with Crippen LogP contribution >= 0.6 is 0 Å². The number of piperidine rings is 1. The van der Waals surface area contributed by atoms with E-state index in [1.165, 1.54) is 12.1 Å². The van der Waals surface area contributed by atoms with Gasteiger partial charge in [-0.25, -0.2) is 4.98 Å². The number of halogens is 3. The van der Waals surface area contributed by atoms with Gasteiger partial charge in [0.1, 0.15) is 12.4 Å². The second-order valence-electron chi connectivity index (χ2n) is 7.46. The van der Waals surface area contributed by atoms with Gasteiger partial charge in [0.25, 0.3) is 0 Å². The zero-order chi connectivity index (χ0) is 19.2. The molecule has 2 aromatic rings. The van der Waals surface area contributed by atoms with Gasteiger partial charge >= 0.3 is 6.18 Å². The molecular formula is C19H22F3N3O2. The van der Waals surface area contributed by atoms with E-state index in [0.29, 0.717) is 31.6 Å². The van der Waals surface area contributed by atoms with Crippen LogP contribution in [0.1, 0.15) is 48.5 Å². The topological polar surface area (TPSA) is 59.3 Å². The monoisotopic (exact) mass is 381 g/mol. The number of hydrogen-bond donors (Lipinski definition) is 2. The first-order valence-corrected chi connectivity index (χ1v) is 9.04. The maximum atomic E-state index is 12.8. The van der Waals surface area contributed by atoms with Crippen LogP contribution in [0, 0.1) is 0 Å². The first-order valence-electron chi connectivity index (χ1n) is 9.04. The smallest absolute Gasteiger partial charge is 0.385 e. The molecule has 1 aromatic carbocycles. The minimum absolute atomic E-state index is 0.00831. The number of aliphatic hydroxyl groups is 1. The molecule has 2 aliphatic rings. The van der Waals surface area contributed by atoms with E-state index in [-0.39, 0.29) is 12.1 Å². The minimum atomic E-state index is -4.39. The molecule has 0 amide bonds. The van der Waals surface area contributed by atoms with E-state index in [4.69, 9.17) is 4.74 Å². The van der Waals surface area contributed by atoms with Crippen molar-refractivity contribution in [2.45, 2.75) is 56.8 Å². The molecule has 1 saturated heterocycles. The Balaban J connectivity index is 1.60. The predicted molar refractivity (Wildman–Crippen MR) is 91.8 cm³/mol. The van der Waals surface area contributed by atoms with Gasteiger partial charge in [-0.15, -0.1) is 0 Å². The van der Waals surface area contributed by atoms with Crippen molar-refractivity contribution in [3.8, 4) is 0 Å². The predicted octanol–water partition coefficient (Wildman–Crippen LogP) is 3.13. The Bertz CT molecular complexity index is 795. The van der Waals surface area contributed by atoms with Gasteiger partial charge in [-0.2, -0.15) is 13.2 Å². The molecule has 1 fully saturated rings. The van der Waals surface area contributed by atoms with Gasteiger partial charge in [-0.1, -0.05) is 12.1 Å². The molecule has 3 atom stereocenters. The third-order valence-corrected chi connectivity index (χ3v) is 5.36. The summed E-state index contributed by atoms with van der Waals surface area (Å²) in [5.41, 5.74) is -0.594. The van der Waals surface area contributed by atoms with Gasteiger partial charge in [0, 0.05) is 25.2 Å². The Morgan fingerprint density at radius 2 is 2.00 bits per heavy atom. The summed E-state index contributed by atoms with van der Waals surface area (Å²) >= 11 is 0. The number of alkyl halides is 3. The lowest BCUT2D eigenvalue weighted by Crippen LogP contribution is -2.47. The highest BCUT2D eigenvalue weighted by molar-refractivity contribution is 5.30. The zero-order valence-electron chi connectivity index (χ0n) is 15.0. The number of nitrogens with zero attached hydrogens (tertiary/aromatic N) is 2. The van der Waals surface area contributed by atoms with E-state index in [1.807, 2.05) is 13.1 Å². The van der Waals surface area contributed by atoms with Crippen LogP contribution in [0.25, 0.3) is 0 Å². The number of hydrogen-bond acceptors (Lipinski definition) is 4. The van der Waals surface area contributed by atoms with Crippen molar-refractivity contribution in [2.75, 3.05) is 6.61 Å². The molecule has 0 spiro atoms. The van der Waals surface area contributed by atoms with Crippen molar-refractivity contribution in [2.24, 2.45) is 0 Å². The summed E-state index contributed by atoms with van der Waals surface area (Å²) in [5.74, 6) is 0.856. The van der Waals surface area contributed by atoms with E-state index in [0.717, 1.165) is 30.2 Å². The summed E-state index contributed by atoms with van der Waals surface area (Å²) in [7, 11) is 0. The molecular weight excluding hydrogens is 359 g/mol. The molecule has 0 bridgehead atoms. The van der Waals surface area contributed by atoms with Crippen molar-refractivity contribution >= 4 is 0 Å². The van der Waals surface area contributed by atoms with Gasteiger partial charge in [0.15, 0.2) is 0 Å². The standard InChI is InChI=1S/C19H22F3N3O2/c1-12-8-18(26,13-2-4-14(5-3-13)19(20,21)22)9-15(23-12)16-10-25-6-7-27-11-17(25)24-16/h2-5,10,12,15,23,26H,6-9,11H2,1H3. The number of rotatable bonds is 2. The fraction of sp³-hybridized carbons (Fsp3) is 0.526. The fourth-order valence-corrected chi connectivity index (χ4v) is 4.06. The number of ether oxygens (including phenoxy) is 1. The molecule has 0 radical (unpaired) electrons. The maximum absolute atomic E-state index is 12.8. The Hall–Kier alpha value is -1.90. The quantitative estimate of drug-likeness (QED) is 0.839. The molecule has 2 N–H and O–H groups in total. The van der Waals surface area contributed by atoms with Crippen molar-refractivity contribution in [1.29, 1.82) is 0 Å². The van der Waals surface area contributed by atoms with Gasteiger partial charge in [0.2, 0.25) is 0 Å². The van der Waals surface area contributed by atoms with Crippen LogP contribution in [-0.2, 0) is 29.7 Å². The van der Waals surface area contributed by atoms with Crippen LogP contribution in [0.4, 0.5) is 13.2 Å². The average molecular weight is 381 g/mol. The second kappa shape index (κ2) is 6.61. The van der Waals surface area contributed by atoms with Crippen LogP contribution in [0.15, 0.2) is 30.5 Å². The molecule has 2 aliphatic heterocycles. The normalized spacial score (nSPS) is 28.8. The third-order valence-electron chi connectivity index (χ3n) is 5.36. The van der Waals surface area contributed by atoms with E-state index in [9.17, 15) is 18.3 Å². The first kappa shape index (κ1) is 18.5. The Morgan fingerprint density at radius 1 is 1.26 bits per heavy atom. The molecule has 146 valence electrons. The van der Waals surface area contributed by atoms with Crippen LogP contribution in [0.5, 0.6) is 0 Å². The SMILES string of the molecule is CC1CC(O)(c2ccc(C(F)(F)F)cc2)CC(c2cn3c(n2)COCC3)N1. The fourth-order valence-electron chi connectivity index (χ4n) is 4.06. The Kier molecular flexibility index (Phi) is 4.52. The molecule has 27 heavy (non-hydrogen) atoms. The van der Waals surface area contributed by atoms with Crippen LogP contribution in [0.3, 0.4) is 0 Å². The van der Waals surface area contributed by atoms with Gasteiger partial charge in [0.05, 0.1) is 29.5 Å². The summed E-state index contributed by atoms with van der Waals surface area (Å²) in [6.07, 6.45) is -1.64. The molecule has 3 heterocycles.